The molecule has 1 unspecified atom stereocenters. The zero-order chi connectivity index (χ0) is 10.8. The fourth-order valence-electron chi connectivity index (χ4n) is 3.19. The SMILES string of the molecule is Cc1ccnc2c1OCC1CC3(CC3)CN21. The van der Waals surface area contributed by atoms with Crippen molar-refractivity contribution < 1.29 is 4.74 Å². The molecule has 3 aliphatic rings. The van der Waals surface area contributed by atoms with Gasteiger partial charge in [0, 0.05) is 12.7 Å². The van der Waals surface area contributed by atoms with Gasteiger partial charge >= 0.3 is 0 Å². The van der Waals surface area contributed by atoms with Crippen LogP contribution >= 0.6 is 0 Å². The zero-order valence-corrected chi connectivity index (χ0v) is 9.57. The van der Waals surface area contributed by atoms with Gasteiger partial charge in [0.2, 0.25) is 0 Å². The average Bonchev–Trinajstić information content (AvgIpc) is 2.91. The molecule has 84 valence electrons. The summed E-state index contributed by atoms with van der Waals surface area (Å²) in [5.74, 6) is 2.09. The van der Waals surface area contributed by atoms with Crippen LogP contribution in [0.5, 0.6) is 5.75 Å². The van der Waals surface area contributed by atoms with E-state index in [0.29, 0.717) is 11.5 Å². The second-order valence-corrected chi connectivity index (χ2v) is 5.58. The highest BCUT2D eigenvalue weighted by Crippen LogP contribution is 2.57. The minimum Gasteiger partial charge on any atom is -0.487 e. The Bertz CT molecular complexity index is 453. The number of fused-ring (bicyclic) bond motifs is 3. The molecule has 1 spiro atoms. The van der Waals surface area contributed by atoms with Gasteiger partial charge in [-0.1, -0.05) is 0 Å². The van der Waals surface area contributed by atoms with Crippen molar-refractivity contribution in [1.82, 2.24) is 4.98 Å². The third kappa shape index (κ3) is 1.06. The molecule has 2 aliphatic heterocycles. The van der Waals surface area contributed by atoms with E-state index in [1.807, 2.05) is 12.3 Å². The monoisotopic (exact) mass is 216 g/mol. The maximum absolute atomic E-state index is 5.89. The van der Waals surface area contributed by atoms with E-state index < -0.39 is 0 Å². The summed E-state index contributed by atoms with van der Waals surface area (Å²) < 4.78 is 5.89. The number of hydrogen-bond acceptors (Lipinski definition) is 3. The molecule has 16 heavy (non-hydrogen) atoms. The minimum absolute atomic E-state index is 0.573. The molecule has 4 rings (SSSR count). The first-order chi connectivity index (χ1) is 7.77. The Morgan fingerprint density at radius 2 is 2.38 bits per heavy atom. The Morgan fingerprint density at radius 1 is 1.50 bits per heavy atom. The molecule has 0 N–H and O–H groups in total. The highest BCUT2D eigenvalue weighted by molar-refractivity contribution is 5.59. The predicted molar refractivity (Wildman–Crippen MR) is 61.9 cm³/mol. The number of nitrogens with zero attached hydrogens (tertiary/aromatic N) is 2. The topological polar surface area (TPSA) is 25.4 Å². The molecule has 1 aromatic rings. The molecule has 1 aromatic heterocycles. The van der Waals surface area contributed by atoms with E-state index in [2.05, 4.69) is 16.8 Å². The number of pyridine rings is 1. The fraction of sp³-hybridized carbons (Fsp3) is 0.615. The van der Waals surface area contributed by atoms with Gasteiger partial charge in [0.1, 0.15) is 6.61 Å². The number of ether oxygens (including phenoxy) is 1. The average molecular weight is 216 g/mol. The molecular formula is C13H16N2O. The maximum atomic E-state index is 5.89. The van der Waals surface area contributed by atoms with E-state index in [9.17, 15) is 0 Å². The lowest BCUT2D eigenvalue weighted by Crippen LogP contribution is -2.39. The van der Waals surface area contributed by atoms with Gasteiger partial charge in [-0.2, -0.15) is 0 Å². The van der Waals surface area contributed by atoms with E-state index in [1.165, 1.54) is 31.4 Å². The molecule has 1 saturated carbocycles. The van der Waals surface area contributed by atoms with Crippen molar-refractivity contribution in [2.45, 2.75) is 32.2 Å². The van der Waals surface area contributed by atoms with Crippen LogP contribution in [0.4, 0.5) is 5.82 Å². The van der Waals surface area contributed by atoms with Crippen LogP contribution in [-0.2, 0) is 0 Å². The number of rotatable bonds is 0. The van der Waals surface area contributed by atoms with Gasteiger partial charge in [-0.25, -0.2) is 4.98 Å². The van der Waals surface area contributed by atoms with Crippen LogP contribution in [0.25, 0.3) is 0 Å². The van der Waals surface area contributed by atoms with Gasteiger partial charge in [-0.3, -0.25) is 0 Å². The van der Waals surface area contributed by atoms with E-state index in [4.69, 9.17) is 4.74 Å². The Hall–Kier alpha value is -1.25. The van der Waals surface area contributed by atoms with Crippen LogP contribution in [-0.4, -0.2) is 24.2 Å². The van der Waals surface area contributed by atoms with Crippen molar-refractivity contribution in [3.05, 3.63) is 17.8 Å². The summed E-state index contributed by atoms with van der Waals surface area (Å²) in [5.41, 5.74) is 1.83. The van der Waals surface area contributed by atoms with Gasteiger partial charge in [0.05, 0.1) is 6.04 Å². The summed E-state index contributed by atoms with van der Waals surface area (Å²) in [6.07, 6.45) is 6.02. The van der Waals surface area contributed by atoms with Crippen molar-refractivity contribution >= 4 is 5.82 Å². The van der Waals surface area contributed by atoms with E-state index >= 15 is 0 Å². The van der Waals surface area contributed by atoms with Crippen molar-refractivity contribution in [2.24, 2.45) is 5.41 Å². The fourth-order valence-corrected chi connectivity index (χ4v) is 3.19. The summed E-state index contributed by atoms with van der Waals surface area (Å²) in [5, 5.41) is 0. The highest BCUT2D eigenvalue weighted by atomic mass is 16.5. The number of anilines is 1. The van der Waals surface area contributed by atoms with Gasteiger partial charge < -0.3 is 9.64 Å². The van der Waals surface area contributed by atoms with Crippen molar-refractivity contribution in [2.75, 3.05) is 18.1 Å². The van der Waals surface area contributed by atoms with Crippen molar-refractivity contribution in [3.63, 3.8) is 0 Å². The first-order valence-corrected chi connectivity index (χ1v) is 6.13. The molecule has 3 heteroatoms. The summed E-state index contributed by atoms with van der Waals surface area (Å²) >= 11 is 0. The molecule has 1 aliphatic carbocycles. The molecular weight excluding hydrogens is 200 g/mol. The largest absolute Gasteiger partial charge is 0.487 e. The second-order valence-electron chi connectivity index (χ2n) is 5.58. The predicted octanol–water partition coefficient (Wildman–Crippen LogP) is 2.14. The number of aryl methyl sites for hydroxylation is 1. The first kappa shape index (κ1) is 8.85. The van der Waals surface area contributed by atoms with Gasteiger partial charge in [-0.05, 0) is 43.2 Å². The lowest BCUT2D eigenvalue weighted by molar-refractivity contribution is 0.265. The third-order valence-electron chi connectivity index (χ3n) is 4.35. The van der Waals surface area contributed by atoms with Crippen LogP contribution in [0.2, 0.25) is 0 Å². The van der Waals surface area contributed by atoms with Crippen LogP contribution in [0, 0.1) is 12.3 Å². The summed E-state index contributed by atoms with van der Waals surface area (Å²) in [7, 11) is 0. The molecule has 0 amide bonds. The highest BCUT2D eigenvalue weighted by Gasteiger charge is 2.53. The molecule has 0 radical (unpaired) electrons. The van der Waals surface area contributed by atoms with Crippen LogP contribution in [0.1, 0.15) is 24.8 Å². The number of aromatic nitrogens is 1. The van der Waals surface area contributed by atoms with Crippen LogP contribution in [0.3, 0.4) is 0 Å². The van der Waals surface area contributed by atoms with E-state index in [0.717, 1.165) is 18.2 Å². The molecule has 0 bridgehead atoms. The lowest BCUT2D eigenvalue weighted by atomic mass is 10.0. The second kappa shape index (κ2) is 2.70. The standard InChI is InChI=1S/C13H16N2O/c1-9-2-5-14-12-11(9)16-7-10-6-13(3-4-13)8-15(10)12/h2,5,10H,3-4,6-8H2,1H3. The molecule has 3 nitrogen and oxygen atoms in total. The quantitative estimate of drug-likeness (QED) is 0.664. The minimum atomic E-state index is 0.573. The van der Waals surface area contributed by atoms with Crippen molar-refractivity contribution in [3.8, 4) is 5.75 Å². The molecule has 0 aromatic carbocycles. The van der Waals surface area contributed by atoms with Crippen LogP contribution < -0.4 is 9.64 Å². The molecule has 1 atom stereocenters. The Labute approximate surface area is 95.4 Å². The summed E-state index contributed by atoms with van der Waals surface area (Å²) in [6, 6.07) is 2.60. The van der Waals surface area contributed by atoms with E-state index in [-0.39, 0.29) is 0 Å². The molecule has 3 heterocycles. The van der Waals surface area contributed by atoms with Gasteiger partial charge in [0.25, 0.3) is 0 Å². The zero-order valence-electron chi connectivity index (χ0n) is 9.57. The van der Waals surface area contributed by atoms with E-state index in [1.54, 1.807) is 0 Å². The van der Waals surface area contributed by atoms with Crippen molar-refractivity contribution in [1.29, 1.82) is 0 Å². The summed E-state index contributed by atoms with van der Waals surface area (Å²) in [6.45, 7) is 4.15. The normalized spacial score (nSPS) is 28.6. The Kier molecular flexibility index (Phi) is 1.50. The number of hydrogen-bond donors (Lipinski definition) is 0. The van der Waals surface area contributed by atoms with Gasteiger partial charge in [-0.15, -0.1) is 0 Å². The Morgan fingerprint density at radius 3 is 3.19 bits per heavy atom. The Balaban J connectivity index is 1.79. The smallest absolute Gasteiger partial charge is 0.172 e. The molecule has 2 fully saturated rings. The van der Waals surface area contributed by atoms with Crippen LogP contribution in [0.15, 0.2) is 12.3 Å². The molecule has 1 saturated heterocycles. The first-order valence-electron chi connectivity index (χ1n) is 6.13. The third-order valence-corrected chi connectivity index (χ3v) is 4.35. The summed E-state index contributed by atoms with van der Waals surface area (Å²) in [4.78, 5) is 7.00. The lowest BCUT2D eigenvalue weighted by Gasteiger charge is -2.32. The maximum Gasteiger partial charge on any atom is 0.172 e. The van der Waals surface area contributed by atoms with Gasteiger partial charge in [0.15, 0.2) is 11.6 Å².